The third-order valence-electron chi connectivity index (χ3n) is 3.65. The lowest BCUT2D eigenvalue weighted by molar-refractivity contribution is 0.102. The Morgan fingerprint density at radius 1 is 1.17 bits per heavy atom. The molecule has 1 aliphatic rings. The Balaban J connectivity index is 0.00000144. The van der Waals surface area contributed by atoms with Crippen molar-refractivity contribution >= 4 is 46.2 Å². The van der Waals surface area contributed by atoms with Gasteiger partial charge in [-0.15, -0.1) is 24.8 Å². The number of pyridine rings is 1. The molecule has 2 aromatic rings. The van der Waals surface area contributed by atoms with Crippen molar-refractivity contribution < 1.29 is 13.2 Å². The van der Waals surface area contributed by atoms with E-state index in [2.05, 4.69) is 10.3 Å². The van der Waals surface area contributed by atoms with Gasteiger partial charge < -0.3 is 11.1 Å². The maximum Gasteiger partial charge on any atom is 0.255 e. The fraction of sp³-hybridized carbons (Fsp3) is 0.200. The smallest absolute Gasteiger partial charge is 0.255 e. The molecule has 24 heavy (non-hydrogen) atoms. The zero-order valence-corrected chi connectivity index (χ0v) is 15.0. The van der Waals surface area contributed by atoms with Crippen LogP contribution in [0.15, 0.2) is 47.6 Å². The second-order valence-electron chi connectivity index (χ2n) is 5.16. The number of benzene rings is 1. The van der Waals surface area contributed by atoms with Gasteiger partial charge in [0.05, 0.1) is 10.6 Å². The van der Waals surface area contributed by atoms with Gasteiger partial charge in [0, 0.05) is 29.7 Å². The van der Waals surface area contributed by atoms with E-state index < -0.39 is 9.84 Å². The van der Waals surface area contributed by atoms with Crippen LogP contribution in [0.1, 0.15) is 28.4 Å². The number of carbonyl (C=O) groups excluding carboxylic acids is 1. The zero-order valence-electron chi connectivity index (χ0n) is 12.5. The first-order valence-electron chi connectivity index (χ1n) is 6.81. The molecule has 1 amide bonds. The highest BCUT2D eigenvalue weighted by atomic mass is 35.5. The number of hydrogen-bond donors (Lipinski definition) is 2. The van der Waals surface area contributed by atoms with Crippen LogP contribution < -0.4 is 11.1 Å². The van der Waals surface area contributed by atoms with Gasteiger partial charge in [-0.25, -0.2) is 8.42 Å². The molecule has 0 saturated carbocycles. The number of halogens is 2. The van der Waals surface area contributed by atoms with Gasteiger partial charge in [0.2, 0.25) is 0 Å². The molecule has 0 fully saturated rings. The number of rotatable bonds is 2. The van der Waals surface area contributed by atoms with Gasteiger partial charge in [-0.1, -0.05) is 6.07 Å². The third-order valence-corrected chi connectivity index (χ3v) is 5.44. The van der Waals surface area contributed by atoms with E-state index >= 15 is 0 Å². The number of nitrogens with two attached hydrogens (primary N) is 1. The highest BCUT2D eigenvalue weighted by Gasteiger charge is 2.29. The molecule has 0 spiro atoms. The van der Waals surface area contributed by atoms with Crippen LogP contribution in [0.25, 0.3) is 0 Å². The summed E-state index contributed by atoms with van der Waals surface area (Å²) in [4.78, 5) is 16.3. The molecule has 1 aliphatic heterocycles. The second-order valence-corrected chi connectivity index (χ2v) is 7.23. The quantitative estimate of drug-likeness (QED) is 0.820. The minimum atomic E-state index is -3.37. The second kappa shape index (κ2) is 7.94. The van der Waals surface area contributed by atoms with Gasteiger partial charge in [-0.2, -0.15) is 0 Å². The van der Waals surface area contributed by atoms with E-state index in [9.17, 15) is 13.2 Å². The Morgan fingerprint density at radius 2 is 1.83 bits per heavy atom. The molecule has 9 heteroatoms. The first-order valence-corrected chi connectivity index (χ1v) is 8.46. The first-order chi connectivity index (χ1) is 10.5. The number of hydrogen-bond acceptors (Lipinski definition) is 5. The predicted octanol–water partition coefficient (Wildman–Crippen LogP) is 2.35. The molecule has 0 radical (unpaired) electrons. The average molecular weight is 390 g/mol. The van der Waals surface area contributed by atoms with Crippen molar-refractivity contribution in [3.63, 3.8) is 0 Å². The standard InChI is InChI=1S/C15H15N3O3S.2ClH/c16-13-5-8-22(20,21)14-9-10(1-2-12(13)14)15(19)18-11-3-6-17-7-4-11;;/h1-4,6-7,9,13H,5,8,16H2,(H,17,18,19);2*1H/t13-;;/m1../s1. The van der Waals surface area contributed by atoms with Crippen molar-refractivity contribution in [1.29, 1.82) is 0 Å². The molecule has 0 saturated heterocycles. The zero-order chi connectivity index (χ0) is 15.7. The molecule has 2 heterocycles. The Hall–Kier alpha value is -1.67. The molecule has 0 bridgehead atoms. The van der Waals surface area contributed by atoms with Crippen molar-refractivity contribution in [2.75, 3.05) is 11.1 Å². The molecule has 0 aliphatic carbocycles. The third kappa shape index (κ3) is 4.05. The van der Waals surface area contributed by atoms with Crippen molar-refractivity contribution in [1.82, 2.24) is 4.98 Å². The average Bonchev–Trinajstić information content (AvgIpc) is 2.52. The number of nitrogens with one attached hydrogen (secondary N) is 1. The maximum absolute atomic E-state index is 12.2. The topological polar surface area (TPSA) is 102 Å². The normalized spacial score (nSPS) is 17.6. The Morgan fingerprint density at radius 3 is 2.50 bits per heavy atom. The van der Waals surface area contributed by atoms with Gasteiger partial charge in [0.1, 0.15) is 0 Å². The predicted molar refractivity (Wildman–Crippen MR) is 96.7 cm³/mol. The van der Waals surface area contributed by atoms with Gasteiger partial charge in [-0.05, 0) is 36.2 Å². The van der Waals surface area contributed by atoms with Crippen LogP contribution in [0.3, 0.4) is 0 Å². The van der Waals surface area contributed by atoms with Crippen LogP contribution in [0, 0.1) is 0 Å². The summed E-state index contributed by atoms with van der Waals surface area (Å²) in [7, 11) is -3.37. The van der Waals surface area contributed by atoms with Crippen LogP contribution in [0.2, 0.25) is 0 Å². The first kappa shape index (κ1) is 20.4. The fourth-order valence-electron chi connectivity index (χ4n) is 2.44. The lowest BCUT2D eigenvalue weighted by Crippen LogP contribution is -2.25. The van der Waals surface area contributed by atoms with Crippen LogP contribution in [-0.4, -0.2) is 25.1 Å². The maximum atomic E-state index is 12.2. The Kier molecular flexibility index (Phi) is 6.74. The Labute approximate surface area is 152 Å². The largest absolute Gasteiger partial charge is 0.324 e. The van der Waals surface area contributed by atoms with Crippen LogP contribution in [0.5, 0.6) is 0 Å². The summed E-state index contributed by atoms with van der Waals surface area (Å²) in [6, 6.07) is 7.62. The minimum absolute atomic E-state index is 0. The summed E-state index contributed by atoms with van der Waals surface area (Å²) in [6.45, 7) is 0. The fourth-order valence-corrected chi connectivity index (χ4v) is 4.11. The van der Waals surface area contributed by atoms with Crippen molar-refractivity contribution in [3.05, 3.63) is 53.9 Å². The van der Waals surface area contributed by atoms with Crippen molar-refractivity contribution in [2.45, 2.75) is 17.4 Å². The molecule has 1 atom stereocenters. The molecule has 3 rings (SSSR count). The van der Waals surface area contributed by atoms with Gasteiger partial charge in [0.25, 0.3) is 5.91 Å². The van der Waals surface area contributed by atoms with E-state index in [4.69, 9.17) is 5.73 Å². The molecule has 130 valence electrons. The van der Waals surface area contributed by atoms with Crippen LogP contribution in [0.4, 0.5) is 5.69 Å². The monoisotopic (exact) mass is 389 g/mol. The van der Waals surface area contributed by atoms with Crippen molar-refractivity contribution in [3.8, 4) is 0 Å². The summed E-state index contributed by atoms with van der Waals surface area (Å²) in [5.41, 5.74) is 7.40. The molecule has 1 aromatic carbocycles. The summed E-state index contributed by atoms with van der Waals surface area (Å²) >= 11 is 0. The number of sulfone groups is 1. The lowest BCUT2D eigenvalue weighted by Gasteiger charge is -2.22. The number of amides is 1. The number of aromatic nitrogens is 1. The van der Waals surface area contributed by atoms with E-state index in [0.717, 1.165) is 0 Å². The molecule has 0 unspecified atom stereocenters. The molecular formula is C15H17Cl2N3O3S. The van der Waals surface area contributed by atoms with E-state index in [-0.39, 0.29) is 53.0 Å². The van der Waals surface area contributed by atoms with Gasteiger partial charge in [0.15, 0.2) is 9.84 Å². The van der Waals surface area contributed by atoms with E-state index in [1.54, 1.807) is 36.7 Å². The number of anilines is 1. The SMILES string of the molecule is Cl.Cl.N[C@@H]1CCS(=O)(=O)c2cc(C(=O)Nc3ccncc3)ccc21. The van der Waals surface area contributed by atoms with Crippen LogP contribution in [-0.2, 0) is 9.84 Å². The molecule has 1 aromatic heterocycles. The summed E-state index contributed by atoms with van der Waals surface area (Å²) < 4.78 is 24.3. The molecule has 3 N–H and O–H groups in total. The minimum Gasteiger partial charge on any atom is -0.324 e. The highest BCUT2D eigenvalue weighted by Crippen LogP contribution is 2.31. The molecular weight excluding hydrogens is 373 g/mol. The summed E-state index contributed by atoms with van der Waals surface area (Å²) in [5.74, 6) is -0.361. The number of carbonyl (C=O) groups is 1. The molecule has 6 nitrogen and oxygen atoms in total. The Bertz CT molecular complexity index is 829. The van der Waals surface area contributed by atoms with Gasteiger partial charge >= 0.3 is 0 Å². The van der Waals surface area contributed by atoms with Crippen molar-refractivity contribution in [2.24, 2.45) is 5.73 Å². The van der Waals surface area contributed by atoms with E-state index in [1.807, 2.05) is 0 Å². The van der Waals surface area contributed by atoms with E-state index in [0.29, 0.717) is 17.7 Å². The highest BCUT2D eigenvalue weighted by molar-refractivity contribution is 7.91. The van der Waals surface area contributed by atoms with Crippen LogP contribution >= 0.6 is 24.8 Å². The number of nitrogens with zero attached hydrogens (tertiary/aromatic N) is 1. The number of fused-ring (bicyclic) bond motifs is 1. The van der Waals surface area contributed by atoms with Gasteiger partial charge in [-0.3, -0.25) is 9.78 Å². The summed E-state index contributed by atoms with van der Waals surface area (Å²) in [5, 5.41) is 2.70. The summed E-state index contributed by atoms with van der Waals surface area (Å²) in [6.07, 6.45) is 3.52. The van der Waals surface area contributed by atoms with E-state index in [1.165, 1.54) is 6.07 Å². The lowest BCUT2D eigenvalue weighted by atomic mass is 10.0.